The van der Waals surface area contributed by atoms with Crippen molar-refractivity contribution < 1.29 is 32.7 Å². The molecule has 1 aliphatic rings. The third kappa shape index (κ3) is 7.12. The Kier molecular flexibility index (Phi) is 10.4. The number of carbonyl (C=O) groups is 3. The summed E-state index contributed by atoms with van der Waals surface area (Å²) >= 11 is 0. The molecule has 9 heteroatoms. The average Bonchev–Trinajstić information content (AvgIpc) is 2.89. The molecule has 0 heterocycles. The first kappa shape index (κ1) is 27.8. The molecule has 1 N–H and O–H groups in total. The van der Waals surface area contributed by atoms with Crippen LogP contribution in [0.25, 0.3) is 0 Å². The van der Waals surface area contributed by atoms with E-state index >= 15 is 0 Å². The number of benzene rings is 2. The van der Waals surface area contributed by atoms with E-state index in [9.17, 15) is 18.9 Å². The lowest BCUT2D eigenvalue weighted by Gasteiger charge is -2.28. The maximum Gasteiger partial charge on any atom is 0.349 e. The number of nitrogens with one attached hydrogen (secondary N) is 1. The van der Waals surface area contributed by atoms with Crippen LogP contribution >= 0.6 is 7.60 Å². The van der Waals surface area contributed by atoms with Crippen molar-refractivity contribution in [2.45, 2.75) is 63.8 Å². The molecule has 0 aromatic heterocycles. The Morgan fingerprint density at radius 3 is 2.00 bits per heavy atom. The van der Waals surface area contributed by atoms with Crippen LogP contribution in [0.5, 0.6) is 0 Å². The highest BCUT2D eigenvalue weighted by Gasteiger charge is 2.46. The number of esters is 1. The summed E-state index contributed by atoms with van der Waals surface area (Å²) < 4.78 is 30.3. The smallest absolute Gasteiger partial charge is 0.349 e. The summed E-state index contributed by atoms with van der Waals surface area (Å²) in [6, 6.07) is 16.4. The van der Waals surface area contributed by atoms with Crippen LogP contribution in [-0.4, -0.2) is 43.0 Å². The minimum absolute atomic E-state index is 0.0302. The second-order valence-electron chi connectivity index (χ2n) is 8.58. The minimum atomic E-state index is -4.05. The van der Waals surface area contributed by atoms with Crippen molar-refractivity contribution in [2.24, 2.45) is 0 Å². The second kappa shape index (κ2) is 13.5. The monoisotopic (exact) mass is 515 g/mol. The van der Waals surface area contributed by atoms with Gasteiger partial charge in [-0.15, -0.1) is 0 Å². The fraction of sp³-hybridized carbons (Fsp3) is 0.444. The van der Waals surface area contributed by atoms with Gasteiger partial charge in [0.1, 0.15) is 0 Å². The molecule has 3 rings (SSSR count). The van der Waals surface area contributed by atoms with Crippen LogP contribution in [0.1, 0.15) is 67.5 Å². The topological polar surface area (TPSA) is 108 Å². The van der Waals surface area contributed by atoms with Crippen molar-refractivity contribution in [3.63, 3.8) is 0 Å². The molecule has 1 amide bonds. The van der Waals surface area contributed by atoms with E-state index in [-0.39, 0.29) is 24.8 Å². The predicted molar refractivity (Wildman–Crippen MR) is 136 cm³/mol. The highest BCUT2D eigenvalue weighted by molar-refractivity contribution is 7.55. The third-order valence-corrected chi connectivity index (χ3v) is 8.37. The van der Waals surface area contributed by atoms with Crippen molar-refractivity contribution >= 4 is 25.3 Å². The second-order valence-corrected chi connectivity index (χ2v) is 10.7. The van der Waals surface area contributed by atoms with Gasteiger partial charge < -0.3 is 19.1 Å². The Hall–Kier alpha value is -2.80. The SMILES string of the molecule is CCOP(=O)(OCC)C(C(=O)OC(C(=O)NC1CCCCC1)C(=O)c1ccccc1)c1ccccc1. The summed E-state index contributed by atoms with van der Waals surface area (Å²) in [5.74, 6) is -2.38. The quantitative estimate of drug-likeness (QED) is 0.178. The zero-order valence-corrected chi connectivity index (χ0v) is 21.7. The van der Waals surface area contributed by atoms with Crippen molar-refractivity contribution in [1.82, 2.24) is 5.32 Å². The van der Waals surface area contributed by atoms with Gasteiger partial charge in [-0.2, -0.15) is 0 Å². The van der Waals surface area contributed by atoms with Crippen LogP contribution in [0.15, 0.2) is 60.7 Å². The van der Waals surface area contributed by atoms with Gasteiger partial charge in [-0.25, -0.2) is 0 Å². The molecule has 2 aromatic carbocycles. The largest absolute Gasteiger partial charge is 0.443 e. The Morgan fingerprint density at radius 2 is 1.44 bits per heavy atom. The molecule has 8 nitrogen and oxygen atoms in total. The van der Waals surface area contributed by atoms with Crippen molar-refractivity contribution in [2.75, 3.05) is 13.2 Å². The lowest BCUT2D eigenvalue weighted by Crippen LogP contribution is -2.47. The van der Waals surface area contributed by atoms with E-state index in [0.29, 0.717) is 5.56 Å². The molecule has 36 heavy (non-hydrogen) atoms. The maximum atomic E-state index is 13.7. The number of hydrogen-bond donors (Lipinski definition) is 1. The van der Waals surface area contributed by atoms with Crippen LogP contribution in [-0.2, 0) is 27.9 Å². The van der Waals surface area contributed by atoms with E-state index in [0.717, 1.165) is 32.1 Å². The van der Waals surface area contributed by atoms with Crippen LogP contribution in [0.3, 0.4) is 0 Å². The van der Waals surface area contributed by atoms with Crippen molar-refractivity contribution in [3.8, 4) is 0 Å². The van der Waals surface area contributed by atoms with Crippen molar-refractivity contribution in [3.05, 3.63) is 71.8 Å². The molecular weight excluding hydrogens is 481 g/mol. The van der Waals surface area contributed by atoms with Gasteiger partial charge in [0.15, 0.2) is 5.66 Å². The van der Waals surface area contributed by atoms with Crippen molar-refractivity contribution in [1.29, 1.82) is 0 Å². The van der Waals surface area contributed by atoms with Gasteiger partial charge in [-0.3, -0.25) is 18.9 Å². The number of amides is 1. The first-order valence-corrected chi connectivity index (χ1v) is 14.0. The van der Waals surface area contributed by atoms with Gasteiger partial charge in [-0.05, 0) is 32.3 Å². The molecule has 1 saturated carbocycles. The van der Waals surface area contributed by atoms with Crippen LogP contribution in [0.4, 0.5) is 0 Å². The summed E-state index contributed by atoms with van der Waals surface area (Å²) in [4.78, 5) is 40.2. The minimum Gasteiger partial charge on any atom is -0.443 e. The Labute approximate surface area is 212 Å². The molecule has 2 aromatic rings. The Morgan fingerprint density at radius 1 is 0.889 bits per heavy atom. The van der Waals surface area contributed by atoms with E-state index in [1.54, 1.807) is 74.5 Å². The third-order valence-electron chi connectivity index (χ3n) is 5.99. The number of rotatable bonds is 12. The molecule has 0 radical (unpaired) electrons. The van der Waals surface area contributed by atoms with E-state index in [2.05, 4.69) is 5.32 Å². The number of Topliss-reactive ketones (excluding diaryl/α,β-unsaturated/α-hetero) is 1. The van der Waals surface area contributed by atoms with Gasteiger partial charge in [0.05, 0.1) is 13.2 Å². The standard InChI is InChI=1S/C27H34NO7P/c1-3-33-36(32,34-4-2)25(21-16-10-6-11-17-21)27(31)35-24(23(29)20-14-8-5-9-15-20)26(30)28-22-18-12-7-13-19-22/h5-6,8-11,14-17,22,24-25H,3-4,7,12-13,18-19H2,1-2H3,(H,28,30). The zero-order valence-electron chi connectivity index (χ0n) is 20.8. The summed E-state index contributed by atoms with van der Waals surface area (Å²) in [5.41, 5.74) is -0.901. The average molecular weight is 516 g/mol. The van der Waals surface area contributed by atoms with E-state index < -0.39 is 37.0 Å². The molecule has 0 saturated heterocycles. The molecule has 0 spiro atoms. The first-order valence-electron chi connectivity index (χ1n) is 12.4. The van der Waals surface area contributed by atoms with Gasteiger partial charge in [0, 0.05) is 11.6 Å². The molecule has 2 atom stereocenters. The van der Waals surface area contributed by atoms with Gasteiger partial charge >= 0.3 is 13.6 Å². The number of ketones is 1. The molecule has 1 fully saturated rings. The molecule has 194 valence electrons. The summed E-state index contributed by atoms with van der Waals surface area (Å²) in [6.45, 7) is 3.34. The summed E-state index contributed by atoms with van der Waals surface area (Å²) in [6.07, 6.45) is 2.89. The van der Waals surface area contributed by atoms with E-state index in [4.69, 9.17) is 13.8 Å². The normalized spacial score (nSPS) is 16.1. The zero-order chi connectivity index (χ0) is 26.0. The summed E-state index contributed by atoms with van der Waals surface area (Å²) in [5, 5.41) is 2.87. The van der Waals surface area contributed by atoms with Gasteiger partial charge in [0.2, 0.25) is 11.9 Å². The molecule has 1 aliphatic carbocycles. The summed E-state index contributed by atoms with van der Waals surface area (Å²) in [7, 11) is -4.05. The fourth-order valence-corrected chi connectivity index (χ4v) is 6.26. The fourth-order valence-electron chi connectivity index (χ4n) is 4.31. The molecule has 0 aliphatic heterocycles. The van der Waals surface area contributed by atoms with Crippen LogP contribution < -0.4 is 5.32 Å². The Balaban J connectivity index is 1.95. The van der Waals surface area contributed by atoms with E-state index in [1.165, 1.54) is 0 Å². The van der Waals surface area contributed by atoms with Crippen LogP contribution in [0.2, 0.25) is 0 Å². The lowest BCUT2D eigenvalue weighted by molar-refractivity contribution is -0.153. The molecule has 0 bridgehead atoms. The van der Waals surface area contributed by atoms with E-state index in [1.807, 2.05) is 0 Å². The number of hydrogen-bond acceptors (Lipinski definition) is 7. The predicted octanol–water partition coefficient (Wildman–Crippen LogP) is 5.24. The van der Waals surface area contributed by atoms with Gasteiger partial charge in [-0.1, -0.05) is 79.9 Å². The molecule has 2 unspecified atom stereocenters. The number of ether oxygens (including phenoxy) is 1. The highest BCUT2D eigenvalue weighted by Crippen LogP contribution is 2.61. The van der Waals surface area contributed by atoms with Crippen LogP contribution in [0, 0.1) is 0 Å². The number of carbonyl (C=O) groups excluding carboxylic acids is 3. The van der Waals surface area contributed by atoms with Gasteiger partial charge in [0.25, 0.3) is 5.91 Å². The lowest BCUT2D eigenvalue weighted by atomic mass is 9.95. The maximum absolute atomic E-state index is 13.7. The Bertz CT molecular complexity index is 1040. The molecular formula is C27H34NO7P. The highest BCUT2D eigenvalue weighted by atomic mass is 31.2. The first-order chi connectivity index (χ1) is 17.4.